The standard InChI is InChI=1S/C37H31N3O5/c1-3-8-23-13-15-24(16-14-23)34(41)32-33(35(42)25-17-19-26(20-18-25)40(44)45)39-30-12-7-4-9-27(30)22(2)21-31(39)37(32)28-10-5-6-11-29(28)38-36(37)43/h4-7,9-21,31-33H,3,8H2,1-2H3,(H,38,43)/t31-,32-,33+,37+/m0/s1. The molecule has 0 saturated carbocycles. The average molecular weight is 598 g/mol. The van der Waals surface area contributed by atoms with E-state index in [9.17, 15) is 24.5 Å². The van der Waals surface area contributed by atoms with Crippen LogP contribution in [0.15, 0.2) is 103 Å². The summed E-state index contributed by atoms with van der Waals surface area (Å²) in [7, 11) is 0. The summed E-state index contributed by atoms with van der Waals surface area (Å²) in [5, 5.41) is 14.4. The fraction of sp³-hybridized carbons (Fsp3) is 0.216. The van der Waals surface area contributed by atoms with Crippen molar-refractivity contribution in [3.8, 4) is 0 Å². The maximum Gasteiger partial charge on any atom is 0.269 e. The number of aryl methyl sites for hydroxylation is 1. The van der Waals surface area contributed by atoms with Gasteiger partial charge in [0.15, 0.2) is 11.6 Å². The summed E-state index contributed by atoms with van der Waals surface area (Å²) < 4.78 is 0. The molecule has 0 unspecified atom stereocenters. The molecule has 8 nitrogen and oxygen atoms in total. The summed E-state index contributed by atoms with van der Waals surface area (Å²) in [5.74, 6) is -2.13. The third-order valence-corrected chi connectivity index (χ3v) is 9.57. The van der Waals surface area contributed by atoms with Gasteiger partial charge in [0.05, 0.1) is 16.9 Å². The zero-order valence-electron chi connectivity index (χ0n) is 24.9. The summed E-state index contributed by atoms with van der Waals surface area (Å²) in [6.45, 7) is 4.08. The van der Waals surface area contributed by atoms with Gasteiger partial charge in [0.25, 0.3) is 5.69 Å². The van der Waals surface area contributed by atoms with Crippen molar-refractivity contribution in [2.45, 2.75) is 44.2 Å². The Labute approximate surface area is 260 Å². The molecule has 3 aliphatic rings. The van der Waals surface area contributed by atoms with Crippen LogP contribution in [0.3, 0.4) is 0 Å². The minimum absolute atomic E-state index is 0.141. The smallest absolute Gasteiger partial charge is 0.269 e. The molecule has 0 aromatic heterocycles. The minimum atomic E-state index is -1.42. The van der Waals surface area contributed by atoms with Crippen molar-refractivity contribution < 1.29 is 19.3 Å². The van der Waals surface area contributed by atoms with Crippen molar-refractivity contribution in [3.05, 3.63) is 141 Å². The molecule has 0 bridgehead atoms. The largest absolute Gasteiger partial charge is 0.352 e. The second-order valence-electron chi connectivity index (χ2n) is 12.0. The lowest BCUT2D eigenvalue weighted by Crippen LogP contribution is -2.51. The summed E-state index contributed by atoms with van der Waals surface area (Å²) in [5.41, 5.74) is 4.09. The molecule has 4 aromatic rings. The van der Waals surface area contributed by atoms with Gasteiger partial charge in [-0.05, 0) is 54.3 Å². The molecule has 0 aliphatic carbocycles. The third kappa shape index (κ3) is 4.16. The number of carbonyl (C=O) groups is 3. The van der Waals surface area contributed by atoms with E-state index in [1.165, 1.54) is 24.3 Å². The highest BCUT2D eigenvalue weighted by Crippen LogP contribution is 2.58. The van der Waals surface area contributed by atoms with Crippen LogP contribution in [0, 0.1) is 16.0 Å². The number of rotatable bonds is 7. The number of ketones is 2. The molecule has 1 amide bonds. The van der Waals surface area contributed by atoms with Crippen LogP contribution >= 0.6 is 0 Å². The highest BCUT2D eigenvalue weighted by molar-refractivity contribution is 6.18. The third-order valence-electron chi connectivity index (χ3n) is 9.57. The molecule has 7 rings (SSSR count). The SMILES string of the molecule is CCCc1ccc(C(=O)[C@@H]2[C@H](C(=O)c3ccc([N+](=O)[O-])cc3)N3c4ccccc4C(C)=C[C@H]3[C@@]23C(=O)Nc2ccccc23)cc1. The number of nitrogens with one attached hydrogen (secondary N) is 1. The van der Waals surface area contributed by atoms with Crippen molar-refractivity contribution in [2.24, 2.45) is 5.92 Å². The maximum atomic E-state index is 15.0. The van der Waals surface area contributed by atoms with Crippen molar-refractivity contribution in [1.29, 1.82) is 0 Å². The van der Waals surface area contributed by atoms with E-state index in [-0.39, 0.29) is 28.7 Å². The van der Waals surface area contributed by atoms with Gasteiger partial charge in [-0.25, -0.2) is 0 Å². The molecule has 224 valence electrons. The molecule has 0 radical (unpaired) electrons. The molecule has 1 spiro atoms. The topological polar surface area (TPSA) is 110 Å². The lowest BCUT2D eigenvalue weighted by atomic mass is 9.64. The predicted molar refractivity (Wildman–Crippen MR) is 173 cm³/mol. The van der Waals surface area contributed by atoms with E-state index in [1.807, 2.05) is 78.6 Å². The highest BCUT2D eigenvalue weighted by atomic mass is 16.6. The zero-order chi connectivity index (χ0) is 31.5. The first kappa shape index (κ1) is 28.4. The Kier molecular flexibility index (Phi) is 6.73. The Morgan fingerprint density at radius 3 is 2.24 bits per heavy atom. The molecule has 4 atom stereocenters. The molecule has 4 aromatic carbocycles. The number of hydrogen-bond acceptors (Lipinski definition) is 6. The number of para-hydroxylation sites is 2. The van der Waals surface area contributed by atoms with Crippen LogP contribution in [-0.2, 0) is 16.6 Å². The van der Waals surface area contributed by atoms with E-state index >= 15 is 0 Å². The van der Waals surface area contributed by atoms with Crippen LogP contribution in [0.25, 0.3) is 5.57 Å². The van der Waals surface area contributed by atoms with Gasteiger partial charge in [-0.15, -0.1) is 0 Å². The first-order valence-corrected chi connectivity index (χ1v) is 15.2. The molecular weight excluding hydrogens is 566 g/mol. The van der Waals surface area contributed by atoms with Gasteiger partial charge in [-0.2, -0.15) is 0 Å². The Balaban J connectivity index is 1.50. The first-order valence-electron chi connectivity index (χ1n) is 15.2. The number of non-ortho nitro benzene ring substituents is 1. The molecule has 1 saturated heterocycles. The number of carbonyl (C=O) groups excluding carboxylic acids is 3. The van der Waals surface area contributed by atoms with Gasteiger partial charge in [-0.1, -0.05) is 80.1 Å². The minimum Gasteiger partial charge on any atom is -0.352 e. The Hall–Kier alpha value is -5.37. The highest BCUT2D eigenvalue weighted by Gasteiger charge is 2.70. The number of nitrogens with zero attached hydrogens (tertiary/aromatic N) is 2. The van der Waals surface area contributed by atoms with E-state index in [1.54, 1.807) is 12.1 Å². The van der Waals surface area contributed by atoms with Crippen LogP contribution in [0.1, 0.15) is 57.7 Å². The number of nitro benzene ring substituents is 1. The summed E-state index contributed by atoms with van der Waals surface area (Å²) >= 11 is 0. The summed E-state index contributed by atoms with van der Waals surface area (Å²) in [6.07, 6.45) is 3.84. The van der Waals surface area contributed by atoms with Crippen LogP contribution in [-0.4, -0.2) is 34.5 Å². The lowest BCUT2D eigenvalue weighted by molar-refractivity contribution is -0.384. The van der Waals surface area contributed by atoms with Crippen LogP contribution in [0.2, 0.25) is 0 Å². The second kappa shape index (κ2) is 10.7. The maximum absolute atomic E-state index is 15.0. The van der Waals surface area contributed by atoms with Gasteiger partial charge < -0.3 is 10.2 Å². The Morgan fingerprint density at radius 2 is 1.53 bits per heavy atom. The van der Waals surface area contributed by atoms with Gasteiger partial charge >= 0.3 is 0 Å². The molecule has 3 aliphatic heterocycles. The van der Waals surface area contributed by atoms with Crippen molar-refractivity contribution in [1.82, 2.24) is 0 Å². The summed E-state index contributed by atoms with van der Waals surface area (Å²) in [6, 6.07) is 26.3. The van der Waals surface area contributed by atoms with Gasteiger partial charge in [-0.3, -0.25) is 24.5 Å². The van der Waals surface area contributed by atoms with E-state index < -0.39 is 28.3 Å². The van der Waals surface area contributed by atoms with E-state index in [0.717, 1.165) is 35.2 Å². The van der Waals surface area contributed by atoms with Crippen molar-refractivity contribution >= 4 is 40.1 Å². The average Bonchev–Trinajstić information content (AvgIpc) is 3.53. The number of allylic oxidation sites excluding steroid dienone is 1. The number of fused-ring (bicyclic) bond motifs is 6. The molecule has 1 N–H and O–H groups in total. The first-order chi connectivity index (χ1) is 21.8. The molecule has 1 fully saturated rings. The van der Waals surface area contributed by atoms with E-state index in [4.69, 9.17) is 0 Å². The molecule has 8 heteroatoms. The fourth-order valence-electron chi connectivity index (χ4n) is 7.61. The summed E-state index contributed by atoms with van der Waals surface area (Å²) in [4.78, 5) is 57.2. The fourth-order valence-corrected chi connectivity index (χ4v) is 7.61. The zero-order valence-corrected chi connectivity index (χ0v) is 24.9. The van der Waals surface area contributed by atoms with Crippen molar-refractivity contribution in [3.63, 3.8) is 0 Å². The Bertz CT molecular complexity index is 1910. The number of Topliss-reactive ketones (excluding diaryl/α,β-unsaturated/α-hetero) is 2. The normalized spacial score (nSPS) is 22.7. The number of benzene rings is 4. The lowest BCUT2D eigenvalue weighted by Gasteiger charge is -2.39. The molecular formula is C37H31N3O5. The van der Waals surface area contributed by atoms with Gasteiger partial charge in [0, 0.05) is 40.2 Å². The number of hydrogen-bond donors (Lipinski definition) is 1. The number of anilines is 2. The van der Waals surface area contributed by atoms with Gasteiger partial charge in [0.2, 0.25) is 5.91 Å². The van der Waals surface area contributed by atoms with Crippen LogP contribution < -0.4 is 10.2 Å². The van der Waals surface area contributed by atoms with Crippen LogP contribution in [0.5, 0.6) is 0 Å². The Morgan fingerprint density at radius 1 is 0.889 bits per heavy atom. The van der Waals surface area contributed by atoms with E-state index in [0.29, 0.717) is 16.8 Å². The van der Waals surface area contributed by atoms with E-state index in [2.05, 4.69) is 12.2 Å². The number of amides is 1. The van der Waals surface area contributed by atoms with Crippen LogP contribution in [0.4, 0.5) is 17.1 Å². The predicted octanol–water partition coefficient (Wildman–Crippen LogP) is 6.79. The van der Waals surface area contributed by atoms with Gasteiger partial charge in [0.1, 0.15) is 11.5 Å². The molecule has 45 heavy (non-hydrogen) atoms. The van der Waals surface area contributed by atoms with Crippen molar-refractivity contribution in [2.75, 3.05) is 10.2 Å². The quantitative estimate of drug-likeness (QED) is 0.143. The molecule has 3 heterocycles. The number of nitro groups is 1. The second-order valence-corrected chi connectivity index (χ2v) is 12.0. The monoisotopic (exact) mass is 597 g/mol.